The lowest BCUT2D eigenvalue weighted by Crippen LogP contribution is -2.05. The highest BCUT2D eigenvalue weighted by atomic mass is 35.5. The Bertz CT molecular complexity index is 598. The molecule has 0 radical (unpaired) electrons. The van der Waals surface area contributed by atoms with E-state index in [-0.39, 0.29) is 5.02 Å². The lowest BCUT2D eigenvalue weighted by atomic mass is 9.98. The first-order valence-electron chi connectivity index (χ1n) is 5.43. The average Bonchev–Trinajstić information content (AvgIpc) is 2.29. The first-order chi connectivity index (χ1) is 8.80. The van der Waals surface area contributed by atoms with E-state index in [1.165, 1.54) is 6.07 Å². The molecular formula is C14H9Cl2F3. The van der Waals surface area contributed by atoms with Gasteiger partial charge in [0.2, 0.25) is 0 Å². The second kappa shape index (κ2) is 5.06. The monoisotopic (exact) mass is 304 g/mol. The number of rotatable bonds is 1. The maximum Gasteiger partial charge on any atom is 0.416 e. The molecule has 0 aliphatic heterocycles. The van der Waals surface area contributed by atoms with Crippen molar-refractivity contribution in [1.82, 2.24) is 0 Å². The van der Waals surface area contributed by atoms with Crippen molar-refractivity contribution >= 4 is 23.2 Å². The molecule has 0 heterocycles. The van der Waals surface area contributed by atoms with Gasteiger partial charge in [-0.15, -0.1) is 0 Å². The average molecular weight is 305 g/mol. The summed E-state index contributed by atoms with van der Waals surface area (Å²) < 4.78 is 38.2. The van der Waals surface area contributed by atoms with Crippen LogP contribution in [-0.4, -0.2) is 0 Å². The summed E-state index contributed by atoms with van der Waals surface area (Å²) in [5, 5.41) is 0.616. The molecule has 0 N–H and O–H groups in total. The minimum atomic E-state index is -4.41. The van der Waals surface area contributed by atoms with Gasteiger partial charge in [-0.25, -0.2) is 0 Å². The summed E-state index contributed by atoms with van der Waals surface area (Å²) in [5.74, 6) is 0. The van der Waals surface area contributed by atoms with Crippen LogP contribution < -0.4 is 0 Å². The van der Waals surface area contributed by atoms with E-state index < -0.39 is 11.7 Å². The summed E-state index contributed by atoms with van der Waals surface area (Å²) >= 11 is 12.1. The third-order valence-corrected chi connectivity index (χ3v) is 3.43. The van der Waals surface area contributed by atoms with Crippen LogP contribution in [0.15, 0.2) is 36.4 Å². The Morgan fingerprint density at radius 3 is 2.21 bits per heavy atom. The minimum absolute atomic E-state index is 0.240. The Kier molecular flexibility index (Phi) is 3.79. The predicted octanol–water partition coefficient (Wildman–Crippen LogP) is 5.99. The third kappa shape index (κ3) is 2.88. The molecule has 100 valence electrons. The molecule has 2 aromatic rings. The van der Waals surface area contributed by atoms with Crippen LogP contribution in [0.1, 0.15) is 11.1 Å². The Balaban J connectivity index is 2.69. The maximum absolute atomic E-state index is 12.7. The lowest BCUT2D eigenvalue weighted by Gasteiger charge is -2.13. The van der Waals surface area contributed by atoms with Crippen LogP contribution in [0.4, 0.5) is 13.2 Å². The number of hydrogen-bond donors (Lipinski definition) is 0. The SMILES string of the molecule is Cc1cccc(Cl)c1-c1cc(C(F)(F)F)ccc1Cl. The number of alkyl halides is 3. The Hall–Kier alpha value is -1.19. The molecule has 0 spiro atoms. The van der Waals surface area contributed by atoms with Gasteiger partial charge in [0.15, 0.2) is 0 Å². The molecule has 2 rings (SSSR count). The topological polar surface area (TPSA) is 0 Å². The molecule has 0 nitrogen and oxygen atoms in total. The number of hydrogen-bond acceptors (Lipinski definition) is 0. The van der Waals surface area contributed by atoms with Gasteiger partial charge >= 0.3 is 6.18 Å². The molecule has 0 amide bonds. The van der Waals surface area contributed by atoms with Gasteiger partial charge in [0, 0.05) is 21.2 Å². The van der Waals surface area contributed by atoms with Crippen molar-refractivity contribution < 1.29 is 13.2 Å². The van der Waals surface area contributed by atoms with E-state index in [0.717, 1.165) is 17.7 Å². The number of halogens is 5. The van der Waals surface area contributed by atoms with Crippen LogP contribution in [0.3, 0.4) is 0 Å². The second-order valence-electron chi connectivity index (χ2n) is 4.12. The van der Waals surface area contributed by atoms with Gasteiger partial charge in [0.25, 0.3) is 0 Å². The van der Waals surface area contributed by atoms with Gasteiger partial charge in [-0.05, 0) is 36.8 Å². The van der Waals surface area contributed by atoms with E-state index in [9.17, 15) is 13.2 Å². The molecule has 0 atom stereocenters. The van der Waals surface area contributed by atoms with Crippen molar-refractivity contribution in [2.24, 2.45) is 0 Å². The minimum Gasteiger partial charge on any atom is -0.166 e. The van der Waals surface area contributed by atoms with Crippen LogP contribution in [0.5, 0.6) is 0 Å². The van der Waals surface area contributed by atoms with Crippen molar-refractivity contribution in [3.05, 3.63) is 57.6 Å². The number of aryl methyl sites for hydroxylation is 1. The molecule has 0 unspecified atom stereocenters. The maximum atomic E-state index is 12.7. The van der Waals surface area contributed by atoms with E-state index in [1.807, 2.05) is 0 Å². The van der Waals surface area contributed by atoms with Gasteiger partial charge in [0.05, 0.1) is 5.56 Å². The van der Waals surface area contributed by atoms with Crippen molar-refractivity contribution in [3.8, 4) is 11.1 Å². The molecule has 0 aliphatic rings. The second-order valence-corrected chi connectivity index (χ2v) is 4.94. The zero-order valence-corrected chi connectivity index (χ0v) is 11.4. The molecule has 0 aliphatic carbocycles. The Morgan fingerprint density at radius 2 is 1.63 bits per heavy atom. The fourth-order valence-corrected chi connectivity index (χ4v) is 2.40. The van der Waals surface area contributed by atoms with Crippen molar-refractivity contribution in [2.45, 2.75) is 13.1 Å². The van der Waals surface area contributed by atoms with Crippen LogP contribution in [-0.2, 0) is 6.18 Å². The van der Waals surface area contributed by atoms with E-state index in [1.54, 1.807) is 25.1 Å². The molecule has 0 saturated heterocycles. The standard InChI is InChI=1S/C14H9Cl2F3/c1-8-3-2-4-12(16)13(8)10-7-9(14(17,18)19)5-6-11(10)15/h2-7H,1H3. The molecule has 19 heavy (non-hydrogen) atoms. The molecule has 0 aromatic heterocycles. The Morgan fingerprint density at radius 1 is 0.947 bits per heavy atom. The van der Waals surface area contributed by atoms with Crippen molar-refractivity contribution in [2.75, 3.05) is 0 Å². The van der Waals surface area contributed by atoms with Gasteiger partial charge in [-0.1, -0.05) is 35.3 Å². The largest absolute Gasteiger partial charge is 0.416 e. The fourth-order valence-electron chi connectivity index (χ4n) is 1.87. The fraction of sp³-hybridized carbons (Fsp3) is 0.143. The van der Waals surface area contributed by atoms with E-state index in [2.05, 4.69) is 0 Å². The molecule has 0 fully saturated rings. The highest BCUT2D eigenvalue weighted by Gasteiger charge is 2.31. The zero-order valence-electron chi connectivity index (χ0n) is 9.85. The van der Waals surface area contributed by atoms with Crippen LogP contribution >= 0.6 is 23.2 Å². The zero-order chi connectivity index (χ0) is 14.2. The van der Waals surface area contributed by atoms with E-state index in [4.69, 9.17) is 23.2 Å². The van der Waals surface area contributed by atoms with E-state index >= 15 is 0 Å². The summed E-state index contributed by atoms with van der Waals surface area (Å²) in [7, 11) is 0. The van der Waals surface area contributed by atoms with Gasteiger partial charge < -0.3 is 0 Å². The van der Waals surface area contributed by atoms with Gasteiger partial charge in [0.1, 0.15) is 0 Å². The molecule has 2 aromatic carbocycles. The highest BCUT2D eigenvalue weighted by molar-refractivity contribution is 6.36. The molecular weight excluding hydrogens is 296 g/mol. The van der Waals surface area contributed by atoms with E-state index in [0.29, 0.717) is 16.1 Å². The summed E-state index contributed by atoms with van der Waals surface area (Å²) in [5.41, 5.74) is 0.847. The molecule has 0 saturated carbocycles. The van der Waals surface area contributed by atoms with Crippen LogP contribution in [0.2, 0.25) is 10.0 Å². The number of benzene rings is 2. The third-order valence-electron chi connectivity index (χ3n) is 2.78. The first-order valence-corrected chi connectivity index (χ1v) is 6.18. The smallest absolute Gasteiger partial charge is 0.166 e. The lowest BCUT2D eigenvalue weighted by molar-refractivity contribution is -0.137. The summed E-state index contributed by atoms with van der Waals surface area (Å²) in [6, 6.07) is 8.36. The first kappa shape index (κ1) is 14.2. The quantitative estimate of drug-likeness (QED) is 0.607. The molecule has 0 bridgehead atoms. The normalized spacial score (nSPS) is 11.7. The highest BCUT2D eigenvalue weighted by Crippen LogP contribution is 2.39. The molecule has 5 heteroatoms. The summed E-state index contributed by atoms with van der Waals surface area (Å²) in [6.07, 6.45) is -4.41. The van der Waals surface area contributed by atoms with Gasteiger partial charge in [-0.2, -0.15) is 13.2 Å². The van der Waals surface area contributed by atoms with Crippen LogP contribution in [0, 0.1) is 6.92 Å². The predicted molar refractivity (Wildman–Crippen MR) is 71.6 cm³/mol. The summed E-state index contributed by atoms with van der Waals surface area (Å²) in [6.45, 7) is 1.78. The summed E-state index contributed by atoms with van der Waals surface area (Å²) in [4.78, 5) is 0. The Labute approximate surface area is 118 Å². The van der Waals surface area contributed by atoms with Crippen LogP contribution in [0.25, 0.3) is 11.1 Å². The van der Waals surface area contributed by atoms with Crippen molar-refractivity contribution in [1.29, 1.82) is 0 Å². The van der Waals surface area contributed by atoms with Crippen molar-refractivity contribution in [3.63, 3.8) is 0 Å². The van der Waals surface area contributed by atoms with Gasteiger partial charge in [-0.3, -0.25) is 0 Å².